The highest BCUT2D eigenvalue weighted by atomic mass is 32.2. The lowest BCUT2D eigenvalue weighted by atomic mass is 9.83. The minimum atomic E-state index is -3.29. The molecule has 1 saturated carbocycles. The number of aliphatic hydroxyl groups is 1. The van der Waals surface area contributed by atoms with E-state index in [1.54, 1.807) is 0 Å². The van der Waals surface area contributed by atoms with Crippen LogP contribution in [0.2, 0.25) is 0 Å². The molecule has 1 atom stereocenters. The minimum absolute atomic E-state index is 0.0526. The third-order valence-corrected chi connectivity index (χ3v) is 4.73. The topological polar surface area (TPSA) is 66.4 Å². The summed E-state index contributed by atoms with van der Waals surface area (Å²) in [5, 5.41) is 8.68. The molecule has 1 fully saturated rings. The third-order valence-electron chi connectivity index (χ3n) is 3.35. The van der Waals surface area contributed by atoms with Gasteiger partial charge in [-0.15, -0.1) is 0 Å². The smallest absolute Gasteiger partial charge is 0.214 e. The molecule has 0 bridgehead atoms. The van der Waals surface area contributed by atoms with Crippen molar-refractivity contribution in [2.45, 2.75) is 51.5 Å². The molecule has 0 heterocycles. The van der Waals surface area contributed by atoms with Crippen molar-refractivity contribution in [1.29, 1.82) is 0 Å². The fraction of sp³-hybridized carbons (Fsp3) is 1.00. The van der Waals surface area contributed by atoms with Crippen molar-refractivity contribution in [1.82, 2.24) is 4.72 Å². The van der Waals surface area contributed by atoms with Crippen LogP contribution in [0.1, 0.15) is 45.4 Å². The molecular formula is C11H23NO3S. The molecule has 0 amide bonds. The van der Waals surface area contributed by atoms with E-state index in [1.807, 2.05) is 6.92 Å². The molecule has 0 aromatic carbocycles. The van der Waals surface area contributed by atoms with Gasteiger partial charge in [-0.1, -0.05) is 26.2 Å². The summed E-state index contributed by atoms with van der Waals surface area (Å²) in [5.74, 6) is 0.295. The monoisotopic (exact) mass is 249 g/mol. The summed E-state index contributed by atoms with van der Waals surface area (Å²) in [6, 6.07) is 0.0526. The van der Waals surface area contributed by atoms with Crippen LogP contribution in [-0.4, -0.2) is 31.9 Å². The maximum Gasteiger partial charge on any atom is 0.214 e. The Bertz CT molecular complexity index is 284. The number of hydrogen-bond acceptors (Lipinski definition) is 3. The average Bonchev–Trinajstić information content (AvgIpc) is 2.27. The van der Waals surface area contributed by atoms with Gasteiger partial charge in [-0.25, -0.2) is 13.1 Å². The molecule has 1 aliphatic carbocycles. The van der Waals surface area contributed by atoms with Crippen LogP contribution in [0.4, 0.5) is 0 Å². The van der Waals surface area contributed by atoms with E-state index in [-0.39, 0.29) is 18.4 Å². The van der Waals surface area contributed by atoms with Gasteiger partial charge in [-0.3, -0.25) is 0 Å². The van der Waals surface area contributed by atoms with Crippen LogP contribution in [-0.2, 0) is 10.0 Å². The third kappa shape index (κ3) is 4.39. The summed E-state index contributed by atoms with van der Waals surface area (Å²) >= 11 is 0. The predicted molar refractivity (Wildman–Crippen MR) is 64.7 cm³/mol. The van der Waals surface area contributed by atoms with E-state index in [4.69, 9.17) is 5.11 Å². The SMILES string of the molecule is CCC(NS(=O)(=O)CCO)C1CCCCC1. The lowest BCUT2D eigenvalue weighted by Crippen LogP contribution is -2.42. The van der Waals surface area contributed by atoms with Gasteiger partial charge in [0.2, 0.25) is 10.0 Å². The van der Waals surface area contributed by atoms with E-state index in [0.29, 0.717) is 5.92 Å². The van der Waals surface area contributed by atoms with Crippen LogP contribution in [0.5, 0.6) is 0 Å². The van der Waals surface area contributed by atoms with E-state index in [1.165, 1.54) is 19.3 Å². The van der Waals surface area contributed by atoms with Crippen molar-refractivity contribution in [3.8, 4) is 0 Å². The Kier molecular flexibility index (Phi) is 5.72. The summed E-state index contributed by atoms with van der Waals surface area (Å²) in [4.78, 5) is 0. The van der Waals surface area contributed by atoms with Gasteiger partial charge >= 0.3 is 0 Å². The molecular weight excluding hydrogens is 226 g/mol. The molecule has 1 unspecified atom stereocenters. The number of nitrogens with one attached hydrogen (secondary N) is 1. The Morgan fingerprint density at radius 1 is 1.31 bits per heavy atom. The standard InChI is InChI=1S/C11H23NO3S/c1-2-11(10-6-4-3-5-7-10)12-16(14,15)9-8-13/h10-13H,2-9H2,1H3. The maximum atomic E-state index is 11.6. The molecule has 96 valence electrons. The number of aliphatic hydroxyl groups excluding tert-OH is 1. The van der Waals surface area contributed by atoms with Crippen molar-refractivity contribution in [3.05, 3.63) is 0 Å². The zero-order chi connectivity index (χ0) is 12.0. The number of hydrogen-bond donors (Lipinski definition) is 2. The molecule has 2 N–H and O–H groups in total. The normalized spacial score (nSPS) is 20.9. The van der Waals surface area contributed by atoms with Crippen LogP contribution >= 0.6 is 0 Å². The van der Waals surface area contributed by atoms with E-state index in [9.17, 15) is 8.42 Å². The summed E-state index contributed by atoms with van der Waals surface area (Å²) < 4.78 is 25.9. The van der Waals surface area contributed by atoms with Crippen LogP contribution in [0.3, 0.4) is 0 Å². The second kappa shape index (κ2) is 6.57. The number of sulfonamides is 1. The molecule has 4 nitrogen and oxygen atoms in total. The Hall–Kier alpha value is -0.130. The molecule has 0 saturated heterocycles. The Morgan fingerprint density at radius 3 is 2.44 bits per heavy atom. The zero-order valence-electron chi connectivity index (χ0n) is 9.98. The van der Waals surface area contributed by atoms with Gasteiger partial charge in [0.15, 0.2) is 0 Å². The van der Waals surface area contributed by atoms with Gasteiger partial charge < -0.3 is 5.11 Å². The lowest BCUT2D eigenvalue weighted by molar-refractivity contribution is 0.283. The van der Waals surface area contributed by atoms with E-state index >= 15 is 0 Å². The van der Waals surface area contributed by atoms with Crippen molar-refractivity contribution in [2.24, 2.45) is 5.92 Å². The summed E-state index contributed by atoms with van der Waals surface area (Å²) in [7, 11) is -3.29. The highest BCUT2D eigenvalue weighted by molar-refractivity contribution is 7.89. The van der Waals surface area contributed by atoms with E-state index < -0.39 is 10.0 Å². The molecule has 5 heteroatoms. The largest absolute Gasteiger partial charge is 0.395 e. The van der Waals surface area contributed by atoms with Crippen LogP contribution in [0.15, 0.2) is 0 Å². The predicted octanol–water partition coefficient (Wildman–Crippen LogP) is 1.26. The summed E-state index contributed by atoms with van der Waals surface area (Å²) in [6.07, 6.45) is 6.78. The number of rotatable bonds is 6. The minimum Gasteiger partial charge on any atom is -0.395 e. The van der Waals surface area contributed by atoms with E-state index in [2.05, 4.69) is 4.72 Å². The fourth-order valence-corrected chi connectivity index (χ4v) is 3.64. The Balaban J connectivity index is 2.53. The van der Waals surface area contributed by atoms with Crippen molar-refractivity contribution in [2.75, 3.05) is 12.4 Å². The van der Waals surface area contributed by atoms with Crippen molar-refractivity contribution in [3.63, 3.8) is 0 Å². The second-order valence-corrected chi connectivity index (χ2v) is 6.45. The lowest BCUT2D eigenvalue weighted by Gasteiger charge is -2.29. The molecule has 0 radical (unpaired) electrons. The highest BCUT2D eigenvalue weighted by Gasteiger charge is 2.25. The van der Waals surface area contributed by atoms with Crippen LogP contribution in [0.25, 0.3) is 0 Å². The van der Waals surface area contributed by atoms with Crippen LogP contribution in [0, 0.1) is 5.92 Å². The summed E-state index contributed by atoms with van der Waals surface area (Å²) in [6.45, 7) is 1.71. The first-order valence-electron chi connectivity index (χ1n) is 6.20. The van der Waals surface area contributed by atoms with Crippen molar-refractivity contribution < 1.29 is 13.5 Å². The quantitative estimate of drug-likeness (QED) is 0.744. The van der Waals surface area contributed by atoms with Gasteiger partial charge in [0, 0.05) is 6.04 Å². The van der Waals surface area contributed by atoms with Gasteiger partial charge in [-0.2, -0.15) is 0 Å². The zero-order valence-corrected chi connectivity index (χ0v) is 10.8. The average molecular weight is 249 g/mol. The van der Waals surface area contributed by atoms with Gasteiger partial charge in [-0.05, 0) is 25.2 Å². The van der Waals surface area contributed by atoms with Gasteiger partial charge in [0.1, 0.15) is 0 Å². The van der Waals surface area contributed by atoms with E-state index in [0.717, 1.165) is 19.3 Å². The molecule has 1 aliphatic rings. The molecule has 16 heavy (non-hydrogen) atoms. The molecule has 0 aromatic heterocycles. The second-order valence-electron chi connectivity index (χ2n) is 4.57. The van der Waals surface area contributed by atoms with Gasteiger partial charge in [0.25, 0.3) is 0 Å². The Morgan fingerprint density at radius 2 is 1.94 bits per heavy atom. The first-order chi connectivity index (χ1) is 7.59. The molecule has 0 spiro atoms. The summed E-state index contributed by atoms with van der Waals surface area (Å²) in [5.41, 5.74) is 0. The van der Waals surface area contributed by atoms with Crippen molar-refractivity contribution >= 4 is 10.0 Å². The fourth-order valence-electron chi connectivity index (χ4n) is 2.46. The first kappa shape index (κ1) is 13.9. The molecule has 1 rings (SSSR count). The molecule has 0 aliphatic heterocycles. The maximum absolute atomic E-state index is 11.6. The first-order valence-corrected chi connectivity index (χ1v) is 7.85. The highest BCUT2D eigenvalue weighted by Crippen LogP contribution is 2.27. The van der Waals surface area contributed by atoms with Gasteiger partial charge in [0.05, 0.1) is 12.4 Å². The Labute approximate surface area is 98.5 Å². The molecule has 0 aromatic rings. The van der Waals surface area contributed by atoms with Crippen LogP contribution < -0.4 is 4.72 Å².